The molecule has 0 N–H and O–H groups in total. The molecule has 0 aliphatic carbocycles. The molecule has 0 saturated heterocycles. The Morgan fingerprint density at radius 1 is 0.289 bits per heavy atom. The minimum atomic E-state index is -0.844. The number of esters is 3. The summed E-state index contributed by atoms with van der Waals surface area (Å²) in [6, 6.07) is 0. The van der Waals surface area contributed by atoms with Crippen LogP contribution >= 0.6 is 0 Å². The number of ether oxygens (including phenoxy) is 3. The Morgan fingerprint density at radius 3 is 0.868 bits per heavy atom. The maximum atomic E-state index is 12.8. The van der Waals surface area contributed by atoms with Crippen LogP contribution in [-0.2, 0) is 28.6 Å². The van der Waals surface area contributed by atoms with Gasteiger partial charge in [0.25, 0.3) is 0 Å². The summed E-state index contributed by atoms with van der Waals surface area (Å²) in [7, 11) is 0. The molecule has 0 spiro atoms. The van der Waals surface area contributed by atoms with Gasteiger partial charge >= 0.3 is 17.9 Å². The van der Waals surface area contributed by atoms with Gasteiger partial charge in [0.2, 0.25) is 0 Å². The van der Waals surface area contributed by atoms with Gasteiger partial charge in [-0.3, -0.25) is 14.4 Å². The number of hydrogen-bond acceptors (Lipinski definition) is 6. The summed E-state index contributed by atoms with van der Waals surface area (Å²) >= 11 is 0. The van der Waals surface area contributed by atoms with Crippen LogP contribution in [0.1, 0.15) is 310 Å². The lowest BCUT2D eigenvalue weighted by Crippen LogP contribution is -2.30. The maximum absolute atomic E-state index is 12.8. The molecular formula is C70H120O6. The minimum Gasteiger partial charge on any atom is -0.462 e. The average Bonchev–Trinajstić information content (AvgIpc) is 3.42. The lowest BCUT2D eigenvalue weighted by molar-refractivity contribution is -0.166. The first-order valence-corrected chi connectivity index (χ1v) is 32.2. The molecule has 0 radical (unpaired) electrons. The molecule has 0 aromatic rings. The maximum Gasteiger partial charge on any atom is 0.310 e. The highest BCUT2D eigenvalue weighted by Gasteiger charge is 2.19. The molecule has 0 aliphatic heterocycles. The standard InChI is InChI=1S/C70H120O6/c1-4-7-10-13-16-19-22-25-27-28-29-30-31-32-33-34-35-36-37-38-39-40-41-43-45-48-51-54-57-60-63-69(72)75-66-67(65-74-68(71)62-59-56-53-50-47-44-24-21-18-15-12-9-6-3)76-70(73)64-61-58-55-52-49-46-42-26-23-20-17-14-11-8-5-2/h8-9,11-12,17-18,20-21,26,42,44,47,49,52,58,61,67H,4-7,10,13-16,19,22-25,27-41,43,45-46,48,50-51,53-57,59-60,62-66H2,1-3H3/b11-8-,12-9-,20-17-,21-18-,42-26-,47-44-,52-49-,61-58-. The fraction of sp³-hybridized carbons (Fsp3) is 0.729. The van der Waals surface area contributed by atoms with Crippen molar-refractivity contribution in [3.8, 4) is 0 Å². The van der Waals surface area contributed by atoms with Crippen LogP contribution < -0.4 is 0 Å². The van der Waals surface area contributed by atoms with E-state index in [9.17, 15) is 14.4 Å². The zero-order valence-electron chi connectivity index (χ0n) is 50.0. The molecule has 0 aromatic carbocycles. The molecular weight excluding hydrogens is 937 g/mol. The smallest absolute Gasteiger partial charge is 0.310 e. The first kappa shape index (κ1) is 72.3. The molecule has 0 amide bonds. The van der Waals surface area contributed by atoms with Gasteiger partial charge in [-0.05, 0) is 77.0 Å². The number of hydrogen-bond donors (Lipinski definition) is 0. The van der Waals surface area contributed by atoms with Crippen LogP contribution in [0.5, 0.6) is 0 Å². The van der Waals surface area contributed by atoms with Gasteiger partial charge in [0, 0.05) is 12.8 Å². The van der Waals surface area contributed by atoms with Crippen LogP contribution in [0.25, 0.3) is 0 Å². The third-order valence-electron chi connectivity index (χ3n) is 13.9. The fourth-order valence-electron chi connectivity index (χ4n) is 9.12. The fourth-order valence-corrected chi connectivity index (χ4v) is 9.12. The molecule has 0 aromatic heterocycles. The molecule has 6 heteroatoms. The van der Waals surface area contributed by atoms with Crippen molar-refractivity contribution in [2.45, 2.75) is 316 Å². The Labute approximate surface area is 470 Å². The molecule has 0 heterocycles. The van der Waals surface area contributed by atoms with Crippen LogP contribution in [0, 0.1) is 0 Å². The predicted molar refractivity (Wildman–Crippen MR) is 330 cm³/mol. The van der Waals surface area contributed by atoms with Gasteiger partial charge in [-0.1, -0.05) is 311 Å². The Morgan fingerprint density at radius 2 is 0.553 bits per heavy atom. The van der Waals surface area contributed by atoms with Gasteiger partial charge in [0.05, 0.1) is 6.42 Å². The second kappa shape index (κ2) is 63.9. The van der Waals surface area contributed by atoms with E-state index in [0.717, 1.165) is 89.9 Å². The van der Waals surface area contributed by atoms with E-state index in [2.05, 4.69) is 106 Å². The zero-order chi connectivity index (χ0) is 55.0. The third-order valence-corrected chi connectivity index (χ3v) is 13.9. The topological polar surface area (TPSA) is 78.9 Å². The Bertz CT molecular complexity index is 1490. The summed E-state index contributed by atoms with van der Waals surface area (Å²) in [6.07, 6.45) is 86.2. The summed E-state index contributed by atoms with van der Waals surface area (Å²) in [5, 5.41) is 0. The van der Waals surface area contributed by atoms with Gasteiger partial charge in [-0.15, -0.1) is 0 Å². The lowest BCUT2D eigenvalue weighted by Gasteiger charge is -2.18. The Balaban J connectivity index is 4.23. The second-order valence-corrected chi connectivity index (χ2v) is 21.3. The first-order chi connectivity index (χ1) is 37.5. The highest BCUT2D eigenvalue weighted by atomic mass is 16.6. The molecule has 0 bridgehead atoms. The lowest BCUT2D eigenvalue weighted by atomic mass is 10.0. The van der Waals surface area contributed by atoms with E-state index in [1.54, 1.807) is 6.08 Å². The number of carbonyl (C=O) groups excluding carboxylic acids is 3. The van der Waals surface area contributed by atoms with E-state index in [1.807, 2.05) is 6.08 Å². The van der Waals surface area contributed by atoms with E-state index in [1.165, 1.54) is 173 Å². The van der Waals surface area contributed by atoms with Crippen LogP contribution in [0.2, 0.25) is 0 Å². The second-order valence-electron chi connectivity index (χ2n) is 21.3. The van der Waals surface area contributed by atoms with Crippen molar-refractivity contribution in [3.63, 3.8) is 0 Å². The molecule has 0 rings (SSSR count). The molecule has 0 aliphatic rings. The molecule has 0 saturated carbocycles. The van der Waals surface area contributed by atoms with Gasteiger partial charge in [-0.25, -0.2) is 0 Å². The van der Waals surface area contributed by atoms with Crippen molar-refractivity contribution < 1.29 is 28.6 Å². The molecule has 1 atom stereocenters. The average molecular weight is 1060 g/mol. The van der Waals surface area contributed by atoms with Crippen LogP contribution in [0.3, 0.4) is 0 Å². The molecule has 0 fully saturated rings. The number of allylic oxidation sites excluding steroid dienone is 15. The van der Waals surface area contributed by atoms with Gasteiger partial charge in [-0.2, -0.15) is 0 Å². The van der Waals surface area contributed by atoms with Crippen molar-refractivity contribution >= 4 is 17.9 Å². The summed E-state index contributed by atoms with van der Waals surface area (Å²) < 4.78 is 16.7. The molecule has 76 heavy (non-hydrogen) atoms. The van der Waals surface area contributed by atoms with Gasteiger partial charge in [0.15, 0.2) is 6.10 Å². The van der Waals surface area contributed by atoms with Crippen LogP contribution in [0.15, 0.2) is 97.2 Å². The van der Waals surface area contributed by atoms with Crippen molar-refractivity contribution in [1.29, 1.82) is 0 Å². The van der Waals surface area contributed by atoms with Crippen LogP contribution in [-0.4, -0.2) is 37.2 Å². The third kappa shape index (κ3) is 61.2. The van der Waals surface area contributed by atoms with Crippen molar-refractivity contribution in [2.24, 2.45) is 0 Å². The quantitative estimate of drug-likeness (QED) is 0.0261. The van der Waals surface area contributed by atoms with Gasteiger partial charge < -0.3 is 14.2 Å². The number of rotatable bonds is 58. The summed E-state index contributed by atoms with van der Waals surface area (Å²) in [5.41, 5.74) is 0. The Hall–Kier alpha value is -3.67. The number of carbonyl (C=O) groups is 3. The first-order valence-electron chi connectivity index (χ1n) is 32.2. The highest BCUT2D eigenvalue weighted by Crippen LogP contribution is 2.17. The van der Waals surface area contributed by atoms with Crippen molar-refractivity contribution in [3.05, 3.63) is 97.2 Å². The SMILES string of the molecule is CC/C=C\C/C=C\C/C=C\C/C=C\C/C=C\CC(=O)OC(COC(=O)CCCCC/C=C\C/C=C\C/C=C\CC)COC(=O)CCCCCCCCCCCCCCCCCCCCCCCCCCCCCCCC. The highest BCUT2D eigenvalue weighted by molar-refractivity contribution is 5.72. The van der Waals surface area contributed by atoms with E-state index < -0.39 is 12.1 Å². The van der Waals surface area contributed by atoms with Crippen molar-refractivity contribution in [2.75, 3.05) is 13.2 Å². The molecule has 436 valence electrons. The van der Waals surface area contributed by atoms with Crippen molar-refractivity contribution in [1.82, 2.24) is 0 Å². The molecule has 1 unspecified atom stereocenters. The van der Waals surface area contributed by atoms with E-state index in [0.29, 0.717) is 19.3 Å². The monoisotopic (exact) mass is 1060 g/mol. The molecule has 6 nitrogen and oxygen atoms in total. The van der Waals surface area contributed by atoms with E-state index in [-0.39, 0.29) is 31.6 Å². The normalized spacial score (nSPS) is 12.7. The predicted octanol–water partition coefficient (Wildman–Crippen LogP) is 22.0. The van der Waals surface area contributed by atoms with E-state index in [4.69, 9.17) is 14.2 Å². The minimum absolute atomic E-state index is 0.0899. The Kier molecular flexibility index (Phi) is 60.8. The number of unbranched alkanes of at least 4 members (excludes halogenated alkanes) is 32. The van der Waals surface area contributed by atoms with Crippen LogP contribution in [0.4, 0.5) is 0 Å². The summed E-state index contributed by atoms with van der Waals surface area (Å²) in [4.78, 5) is 38.1. The van der Waals surface area contributed by atoms with Gasteiger partial charge in [0.1, 0.15) is 13.2 Å². The zero-order valence-corrected chi connectivity index (χ0v) is 50.0. The summed E-state index contributed by atoms with van der Waals surface area (Å²) in [5.74, 6) is -1.08. The summed E-state index contributed by atoms with van der Waals surface area (Å²) in [6.45, 7) is 6.33. The largest absolute Gasteiger partial charge is 0.462 e. The van der Waals surface area contributed by atoms with E-state index >= 15 is 0 Å².